The van der Waals surface area contributed by atoms with Gasteiger partial charge in [-0.15, -0.1) is 0 Å². The quantitative estimate of drug-likeness (QED) is 0.102. The standard InChI is InChI=1S/C30H53NO18/c1-9-14(31-13(32)8-30(5,6)41)18(36)25(42-7)29(44-9)48-23-17(35)12(4)45-27(21(23)39)47-22-16(34)11(3)46-28(20(22)38)49-24-19(37)15(33)10(2)43-26(24)40/h9-12,14-29,33-41H,8H2,1-7H3,(H,31,32)/t9?,10?,11?,12?,14-,15+,16+,17+,18?,19?,20+,21?,22?,23?,24?,25?,26-,27+,28?,29+/m1/s1. The summed E-state index contributed by atoms with van der Waals surface area (Å²) in [6, 6.07) is -0.970. The van der Waals surface area contributed by atoms with Crippen LogP contribution in [-0.2, 0) is 42.7 Å². The minimum absolute atomic E-state index is 0.246. The van der Waals surface area contributed by atoms with Gasteiger partial charge in [0.15, 0.2) is 25.2 Å². The van der Waals surface area contributed by atoms with E-state index in [4.69, 9.17) is 37.9 Å². The number of hydrogen-bond donors (Lipinski definition) is 10. The van der Waals surface area contributed by atoms with Crippen molar-refractivity contribution < 1.29 is 88.6 Å². The number of hydrogen-bond acceptors (Lipinski definition) is 18. The summed E-state index contributed by atoms with van der Waals surface area (Å²) in [4.78, 5) is 12.5. The van der Waals surface area contributed by atoms with Crippen LogP contribution in [0.5, 0.6) is 0 Å². The first-order valence-corrected chi connectivity index (χ1v) is 16.3. The van der Waals surface area contributed by atoms with E-state index in [1.807, 2.05) is 0 Å². The number of nitrogens with one attached hydrogen (secondary N) is 1. The maximum absolute atomic E-state index is 12.5. The number of carbonyl (C=O) groups excluding carboxylic acids is 1. The minimum atomic E-state index is -1.81. The van der Waals surface area contributed by atoms with E-state index in [2.05, 4.69) is 5.32 Å². The van der Waals surface area contributed by atoms with Crippen molar-refractivity contribution in [2.75, 3.05) is 7.11 Å². The zero-order valence-electron chi connectivity index (χ0n) is 28.5. The third kappa shape index (κ3) is 9.06. The zero-order valence-corrected chi connectivity index (χ0v) is 28.5. The number of methoxy groups -OCH3 is 1. The Morgan fingerprint density at radius 1 is 0.592 bits per heavy atom. The Balaban J connectivity index is 1.46. The van der Waals surface area contributed by atoms with E-state index >= 15 is 0 Å². The Kier molecular flexibility index (Phi) is 13.4. The molecule has 19 nitrogen and oxygen atoms in total. The lowest BCUT2D eigenvalue weighted by Crippen LogP contribution is -2.67. The summed E-state index contributed by atoms with van der Waals surface area (Å²) >= 11 is 0. The lowest BCUT2D eigenvalue weighted by molar-refractivity contribution is -0.385. The molecule has 0 aliphatic carbocycles. The normalized spacial score (nSPS) is 49.8. The van der Waals surface area contributed by atoms with Gasteiger partial charge in [-0.05, 0) is 41.5 Å². The van der Waals surface area contributed by atoms with Gasteiger partial charge in [-0.2, -0.15) is 0 Å². The first kappa shape index (κ1) is 40.6. The van der Waals surface area contributed by atoms with Crippen LogP contribution in [0.2, 0.25) is 0 Å². The molecule has 0 spiro atoms. The summed E-state index contributed by atoms with van der Waals surface area (Å²) in [5, 5.41) is 99.0. The van der Waals surface area contributed by atoms with Crippen molar-refractivity contribution in [3.63, 3.8) is 0 Å². The molecular weight excluding hydrogens is 662 g/mol. The average molecular weight is 716 g/mol. The largest absolute Gasteiger partial charge is 0.390 e. The highest BCUT2D eigenvalue weighted by atomic mass is 16.8. The van der Waals surface area contributed by atoms with E-state index in [1.54, 1.807) is 6.92 Å². The fourth-order valence-corrected chi connectivity index (χ4v) is 6.38. The summed E-state index contributed by atoms with van der Waals surface area (Å²) in [6.45, 7) is 8.79. The van der Waals surface area contributed by atoms with Gasteiger partial charge < -0.3 is 89.2 Å². The number of aliphatic hydroxyl groups is 9. The first-order chi connectivity index (χ1) is 22.7. The molecule has 20 atom stereocenters. The summed E-state index contributed by atoms with van der Waals surface area (Å²) in [7, 11) is 1.26. The smallest absolute Gasteiger partial charge is 0.223 e. The highest BCUT2D eigenvalue weighted by Gasteiger charge is 2.54. The number of amides is 1. The molecule has 4 saturated heterocycles. The molecule has 0 aromatic carbocycles. The van der Waals surface area contributed by atoms with E-state index < -0.39 is 134 Å². The summed E-state index contributed by atoms with van der Waals surface area (Å²) < 4.78 is 45.2. The average Bonchev–Trinajstić information content (AvgIpc) is 3.00. The van der Waals surface area contributed by atoms with Crippen LogP contribution in [0.25, 0.3) is 0 Å². The molecule has 4 aliphatic heterocycles. The lowest BCUT2D eigenvalue weighted by atomic mass is 9.94. The second kappa shape index (κ2) is 16.2. The van der Waals surface area contributed by atoms with Crippen LogP contribution in [0.4, 0.5) is 0 Å². The summed E-state index contributed by atoms with van der Waals surface area (Å²) in [5.74, 6) is -0.545. The van der Waals surface area contributed by atoms with Crippen LogP contribution in [0.15, 0.2) is 0 Å². The third-order valence-corrected chi connectivity index (χ3v) is 9.26. The van der Waals surface area contributed by atoms with Crippen molar-refractivity contribution in [1.82, 2.24) is 5.32 Å². The van der Waals surface area contributed by atoms with Crippen molar-refractivity contribution >= 4 is 5.91 Å². The predicted molar refractivity (Wildman–Crippen MR) is 160 cm³/mol. The van der Waals surface area contributed by atoms with Gasteiger partial charge in [0, 0.05) is 7.11 Å². The number of carbonyl (C=O) groups is 1. The Bertz CT molecular complexity index is 1080. The lowest BCUT2D eigenvalue weighted by Gasteiger charge is -2.49. The molecule has 4 rings (SSSR count). The van der Waals surface area contributed by atoms with E-state index in [1.165, 1.54) is 41.7 Å². The molecule has 49 heavy (non-hydrogen) atoms. The van der Waals surface area contributed by atoms with Gasteiger partial charge in [0.05, 0.1) is 42.5 Å². The van der Waals surface area contributed by atoms with Crippen LogP contribution < -0.4 is 5.32 Å². The molecular formula is C30H53NO18. The molecule has 286 valence electrons. The van der Waals surface area contributed by atoms with Crippen LogP contribution in [-0.4, -0.2) is 187 Å². The maximum Gasteiger partial charge on any atom is 0.223 e. The van der Waals surface area contributed by atoms with E-state index in [0.717, 1.165) is 0 Å². The molecule has 12 unspecified atom stereocenters. The van der Waals surface area contributed by atoms with Crippen LogP contribution in [0, 0.1) is 0 Å². The van der Waals surface area contributed by atoms with E-state index in [9.17, 15) is 50.8 Å². The summed E-state index contributed by atoms with van der Waals surface area (Å²) in [5.41, 5.74) is -1.30. The Hall–Kier alpha value is -1.21. The van der Waals surface area contributed by atoms with Crippen LogP contribution in [0.1, 0.15) is 48.0 Å². The maximum atomic E-state index is 12.5. The fourth-order valence-electron chi connectivity index (χ4n) is 6.38. The van der Waals surface area contributed by atoms with Gasteiger partial charge in [0.1, 0.15) is 67.1 Å². The van der Waals surface area contributed by atoms with Gasteiger partial charge in [0.25, 0.3) is 0 Å². The Morgan fingerprint density at radius 3 is 1.53 bits per heavy atom. The molecule has 0 aromatic rings. The first-order valence-electron chi connectivity index (χ1n) is 16.3. The van der Waals surface area contributed by atoms with Gasteiger partial charge in [-0.1, -0.05) is 0 Å². The van der Waals surface area contributed by atoms with Gasteiger partial charge in [0.2, 0.25) is 5.91 Å². The molecule has 0 aromatic heterocycles. The molecule has 4 fully saturated rings. The third-order valence-electron chi connectivity index (χ3n) is 9.26. The second-order valence-corrected chi connectivity index (χ2v) is 13.9. The van der Waals surface area contributed by atoms with Crippen molar-refractivity contribution in [3.8, 4) is 0 Å². The number of ether oxygens (including phenoxy) is 8. The fraction of sp³-hybridized carbons (Fsp3) is 0.967. The second-order valence-electron chi connectivity index (χ2n) is 13.9. The molecule has 0 saturated carbocycles. The molecule has 4 aliphatic rings. The van der Waals surface area contributed by atoms with E-state index in [0.29, 0.717) is 0 Å². The van der Waals surface area contributed by atoms with E-state index in [-0.39, 0.29) is 6.42 Å². The number of rotatable bonds is 10. The highest BCUT2D eigenvalue weighted by Crippen LogP contribution is 2.34. The monoisotopic (exact) mass is 715 g/mol. The molecule has 10 N–H and O–H groups in total. The van der Waals surface area contributed by atoms with Gasteiger partial charge in [-0.25, -0.2) is 0 Å². The molecule has 0 radical (unpaired) electrons. The predicted octanol–water partition coefficient (Wildman–Crippen LogP) is -4.70. The van der Waals surface area contributed by atoms with Crippen LogP contribution >= 0.6 is 0 Å². The van der Waals surface area contributed by atoms with Crippen molar-refractivity contribution in [1.29, 1.82) is 0 Å². The topological polar surface area (TPSA) is 285 Å². The zero-order chi connectivity index (χ0) is 36.7. The van der Waals surface area contributed by atoms with Gasteiger partial charge >= 0.3 is 0 Å². The SMILES string of the molecule is COC1C(O)[C@H](NC(=O)CC(C)(C)O)C(C)O[C@H]1OC1C(O)[C@H](OC2[C@H](O)C(OC3C(O)[C@@H](O)C(C)O[C@H]3O)OC(C)[C@@H]2O)OC(C)[C@@H]1O. The van der Waals surface area contributed by atoms with Crippen molar-refractivity contribution in [2.45, 2.75) is 176 Å². The molecule has 4 heterocycles. The highest BCUT2D eigenvalue weighted by molar-refractivity contribution is 5.77. The van der Waals surface area contributed by atoms with Crippen LogP contribution in [0.3, 0.4) is 0 Å². The van der Waals surface area contributed by atoms with Crippen molar-refractivity contribution in [2.24, 2.45) is 0 Å². The number of aliphatic hydroxyl groups excluding tert-OH is 8. The Labute approximate surface area is 283 Å². The minimum Gasteiger partial charge on any atom is -0.390 e. The van der Waals surface area contributed by atoms with Crippen molar-refractivity contribution in [3.05, 3.63) is 0 Å². The molecule has 0 bridgehead atoms. The Morgan fingerprint density at radius 2 is 1.04 bits per heavy atom. The molecule has 1 amide bonds. The summed E-state index contributed by atoms with van der Waals surface area (Å²) in [6.07, 6.45) is -27.4. The van der Waals surface area contributed by atoms with Gasteiger partial charge in [-0.3, -0.25) is 4.79 Å². The molecule has 19 heteroatoms.